The Hall–Kier alpha value is -0.590. The molecule has 0 aliphatic heterocycles. The zero-order valence-corrected chi connectivity index (χ0v) is 14.9. The molecule has 0 aromatic carbocycles. The van der Waals surface area contributed by atoms with E-state index < -0.39 is 0 Å². The van der Waals surface area contributed by atoms with E-state index in [0.29, 0.717) is 23.0 Å². The lowest BCUT2D eigenvalue weighted by molar-refractivity contribution is -0.133. The second kappa shape index (κ2) is 4.71. The van der Waals surface area contributed by atoms with E-state index in [4.69, 9.17) is 0 Å². The highest BCUT2D eigenvalue weighted by molar-refractivity contribution is 5.89. The second-order valence-electron chi connectivity index (χ2n) is 9.42. The SMILES string of the molecule is CC1=C2CCCC[C@]2(C)[C@@H]2CC[C@]3(C)C(=O)C(C)C[C@H]3[C@@H]2C1. The van der Waals surface area contributed by atoms with Crippen LogP contribution in [0.3, 0.4) is 0 Å². The maximum absolute atomic E-state index is 12.8. The van der Waals surface area contributed by atoms with Gasteiger partial charge in [0.2, 0.25) is 0 Å². The highest BCUT2D eigenvalue weighted by Crippen LogP contribution is 2.65. The monoisotopic (exact) mass is 300 g/mol. The predicted octanol–water partition coefficient (Wildman–Crippen LogP) is 5.54. The Labute approximate surface area is 135 Å². The summed E-state index contributed by atoms with van der Waals surface area (Å²) in [5.41, 5.74) is 3.98. The smallest absolute Gasteiger partial charge is 0.141 e. The number of fused-ring (bicyclic) bond motifs is 5. The fourth-order valence-corrected chi connectivity index (χ4v) is 7.29. The number of Topliss-reactive ketones (excluding diaryl/α,β-unsaturated/α-hetero) is 1. The van der Waals surface area contributed by atoms with Crippen LogP contribution in [0.25, 0.3) is 0 Å². The maximum atomic E-state index is 12.8. The summed E-state index contributed by atoms with van der Waals surface area (Å²) in [5, 5.41) is 0. The van der Waals surface area contributed by atoms with Crippen LogP contribution >= 0.6 is 0 Å². The van der Waals surface area contributed by atoms with Gasteiger partial charge in [0, 0.05) is 11.3 Å². The van der Waals surface area contributed by atoms with E-state index in [9.17, 15) is 4.79 Å². The summed E-state index contributed by atoms with van der Waals surface area (Å²) < 4.78 is 0. The molecule has 0 N–H and O–H groups in total. The number of hydrogen-bond donors (Lipinski definition) is 0. The Morgan fingerprint density at radius 1 is 1.05 bits per heavy atom. The molecule has 0 spiro atoms. The lowest BCUT2D eigenvalue weighted by atomic mass is 9.47. The summed E-state index contributed by atoms with van der Waals surface area (Å²) in [5.74, 6) is 3.17. The molecule has 0 aromatic rings. The molecule has 6 atom stereocenters. The summed E-state index contributed by atoms with van der Waals surface area (Å²) in [7, 11) is 0. The van der Waals surface area contributed by atoms with E-state index in [1.807, 2.05) is 5.57 Å². The Morgan fingerprint density at radius 3 is 2.59 bits per heavy atom. The minimum absolute atomic E-state index is 0.00337. The fourth-order valence-electron chi connectivity index (χ4n) is 7.29. The molecule has 3 fully saturated rings. The molecule has 0 radical (unpaired) electrons. The molecule has 1 nitrogen and oxygen atoms in total. The van der Waals surface area contributed by atoms with Gasteiger partial charge in [0.15, 0.2) is 0 Å². The first-order valence-electron chi connectivity index (χ1n) is 9.61. The number of rotatable bonds is 0. The summed E-state index contributed by atoms with van der Waals surface area (Å²) in [6.45, 7) is 9.46. The van der Waals surface area contributed by atoms with Crippen molar-refractivity contribution in [3.63, 3.8) is 0 Å². The molecule has 0 bridgehead atoms. The van der Waals surface area contributed by atoms with E-state index >= 15 is 0 Å². The molecule has 3 saturated carbocycles. The minimum atomic E-state index is 0.00337. The van der Waals surface area contributed by atoms with Crippen molar-refractivity contribution in [2.75, 3.05) is 0 Å². The largest absolute Gasteiger partial charge is 0.299 e. The van der Waals surface area contributed by atoms with Gasteiger partial charge in [-0.1, -0.05) is 38.3 Å². The van der Waals surface area contributed by atoms with E-state index in [1.54, 1.807) is 5.57 Å². The average molecular weight is 300 g/mol. The number of hydrogen-bond acceptors (Lipinski definition) is 1. The molecular weight excluding hydrogens is 268 g/mol. The van der Waals surface area contributed by atoms with E-state index in [0.717, 1.165) is 24.7 Å². The average Bonchev–Trinajstić information content (AvgIpc) is 2.71. The Bertz CT molecular complexity index is 544. The zero-order valence-electron chi connectivity index (χ0n) is 14.9. The molecule has 1 unspecified atom stereocenters. The number of ketones is 1. The van der Waals surface area contributed by atoms with Crippen molar-refractivity contribution in [2.24, 2.45) is 34.5 Å². The Kier molecular flexibility index (Phi) is 3.20. The molecule has 122 valence electrons. The predicted molar refractivity (Wildman–Crippen MR) is 90.5 cm³/mol. The first kappa shape index (κ1) is 15.0. The lowest BCUT2D eigenvalue weighted by Gasteiger charge is -2.57. The van der Waals surface area contributed by atoms with Crippen LogP contribution in [0.4, 0.5) is 0 Å². The fraction of sp³-hybridized carbons (Fsp3) is 0.857. The van der Waals surface area contributed by atoms with Crippen LogP contribution in [-0.2, 0) is 4.79 Å². The van der Waals surface area contributed by atoms with Gasteiger partial charge in [0.25, 0.3) is 0 Å². The van der Waals surface area contributed by atoms with Gasteiger partial charge in [0.1, 0.15) is 5.78 Å². The van der Waals surface area contributed by atoms with Crippen LogP contribution in [0.15, 0.2) is 11.1 Å². The molecule has 22 heavy (non-hydrogen) atoms. The number of carbonyl (C=O) groups is 1. The van der Waals surface area contributed by atoms with Gasteiger partial charge in [-0.3, -0.25) is 4.79 Å². The summed E-state index contributed by atoms with van der Waals surface area (Å²) in [6.07, 6.45) is 10.5. The van der Waals surface area contributed by atoms with Crippen molar-refractivity contribution in [1.82, 2.24) is 0 Å². The third kappa shape index (κ3) is 1.74. The number of allylic oxidation sites excluding steroid dienone is 2. The van der Waals surface area contributed by atoms with Crippen LogP contribution in [-0.4, -0.2) is 5.78 Å². The van der Waals surface area contributed by atoms with Gasteiger partial charge in [-0.05, 0) is 75.0 Å². The first-order chi connectivity index (χ1) is 10.4. The normalized spacial score (nSPS) is 51.4. The molecule has 4 aliphatic rings. The summed E-state index contributed by atoms with van der Waals surface area (Å²) in [4.78, 5) is 12.8. The van der Waals surface area contributed by atoms with Crippen LogP contribution in [0.1, 0.15) is 79.1 Å². The first-order valence-corrected chi connectivity index (χ1v) is 9.61. The highest BCUT2D eigenvalue weighted by Gasteiger charge is 2.60. The molecule has 0 heterocycles. The van der Waals surface area contributed by atoms with E-state index in [2.05, 4.69) is 27.7 Å². The minimum Gasteiger partial charge on any atom is -0.299 e. The highest BCUT2D eigenvalue weighted by atomic mass is 16.1. The summed E-state index contributed by atoms with van der Waals surface area (Å²) in [6, 6.07) is 0. The Balaban J connectivity index is 1.75. The molecule has 1 heteroatoms. The van der Waals surface area contributed by atoms with Crippen molar-refractivity contribution >= 4 is 5.78 Å². The third-order valence-corrected chi connectivity index (χ3v) is 8.38. The van der Waals surface area contributed by atoms with Gasteiger partial charge in [-0.2, -0.15) is 0 Å². The van der Waals surface area contributed by atoms with Gasteiger partial charge >= 0.3 is 0 Å². The van der Waals surface area contributed by atoms with E-state index in [-0.39, 0.29) is 5.41 Å². The molecule has 4 aliphatic carbocycles. The van der Waals surface area contributed by atoms with E-state index in [1.165, 1.54) is 38.5 Å². The topological polar surface area (TPSA) is 17.1 Å². The van der Waals surface area contributed by atoms with Crippen LogP contribution in [0.2, 0.25) is 0 Å². The molecular formula is C21H32O. The second-order valence-corrected chi connectivity index (χ2v) is 9.42. The van der Waals surface area contributed by atoms with Crippen molar-refractivity contribution < 1.29 is 4.79 Å². The molecule has 0 saturated heterocycles. The molecule has 0 amide bonds. The Morgan fingerprint density at radius 2 is 1.82 bits per heavy atom. The van der Waals surface area contributed by atoms with Crippen molar-refractivity contribution in [3.8, 4) is 0 Å². The summed E-state index contributed by atoms with van der Waals surface area (Å²) >= 11 is 0. The maximum Gasteiger partial charge on any atom is 0.141 e. The van der Waals surface area contributed by atoms with Crippen molar-refractivity contribution in [3.05, 3.63) is 11.1 Å². The van der Waals surface area contributed by atoms with Crippen LogP contribution in [0.5, 0.6) is 0 Å². The van der Waals surface area contributed by atoms with Crippen LogP contribution in [0, 0.1) is 34.5 Å². The van der Waals surface area contributed by atoms with Crippen molar-refractivity contribution in [1.29, 1.82) is 0 Å². The van der Waals surface area contributed by atoms with Gasteiger partial charge in [-0.15, -0.1) is 0 Å². The van der Waals surface area contributed by atoms with Gasteiger partial charge in [0.05, 0.1) is 0 Å². The quantitative estimate of drug-likeness (QED) is 0.536. The van der Waals surface area contributed by atoms with Gasteiger partial charge in [-0.25, -0.2) is 0 Å². The van der Waals surface area contributed by atoms with Crippen molar-refractivity contribution in [2.45, 2.75) is 79.1 Å². The number of carbonyl (C=O) groups excluding carboxylic acids is 1. The molecule has 4 rings (SSSR count). The van der Waals surface area contributed by atoms with Crippen LogP contribution < -0.4 is 0 Å². The molecule has 0 aromatic heterocycles. The zero-order chi connectivity index (χ0) is 15.7. The van der Waals surface area contributed by atoms with Gasteiger partial charge < -0.3 is 0 Å². The lowest BCUT2D eigenvalue weighted by Crippen LogP contribution is -2.50. The standard InChI is InChI=1S/C21H32O/c1-13-11-15-17(20(3)9-6-5-7-16(13)20)8-10-21(4)18(15)12-14(2)19(21)22/h14-15,17-18H,5-12H2,1-4H3/t14?,15-,17-,18+,20+,21+/m1/s1. The third-order valence-electron chi connectivity index (χ3n) is 8.38.